The number of carbonyl (C=O) groups excluding carboxylic acids is 2. The molecule has 0 aliphatic heterocycles. The SMILES string of the molecule is COC(=O)C(C)(Cl)CC(CC(C)(C)CC(C)(C)c1ccc(C(C)(C)CC(C)(C)CC(CC(C)(Cl)C(=O)OC)c2ccccc2)cc1)c1ccccc1. The molecule has 0 heterocycles. The first-order valence-electron chi connectivity index (χ1n) is 18.7. The normalized spacial score (nSPS) is 16.3. The zero-order valence-corrected chi connectivity index (χ0v) is 35.4. The number of esters is 2. The summed E-state index contributed by atoms with van der Waals surface area (Å²) in [6.07, 6.45) is 4.68. The molecule has 0 aliphatic carbocycles. The van der Waals surface area contributed by atoms with Crippen LogP contribution >= 0.6 is 23.2 Å². The van der Waals surface area contributed by atoms with E-state index in [1.165, 1.54) is 36.5 Å². The predicted octanol–water partition coefficient (Wildman–Crippen LogP) is 12.5. The fraction of sp³-hybridized carbons (Fsp3) is 0.565. The van der Waals surface area contributed by atoms with Crippen LogP contribution in [0.25, 0.3) is 0 Å². The molecule has 3 aromatic carbocycles. The van der Waals surface area contributed by atoms with Crippen molar-refractivity contribution in [3.05, 3.63) is 107 Å². The van der Waals surface area contributed by atoms with Crippen molar-refractivity contribution < 1.29 is 19.1 Å². The van der Waals surface area contributed by atoms with Crippen LogP contribution in [0.4, 0.5) is 0 Å². The zero-order valence-electron chi connectivity index (χ0n) is 33.9. The van der Waals surface area contributed by atoms with E-state index in [2.05, 4.69) is 128 Å². The molecule has 0 saturated heterocycles. The topological polar surface area (TPSA) is 52.6 Å². The molecule has 3 aromatic rings. The van der Waals surface area contributed by atoms with E-state index in [1.54, 1.807) is 13.8 Å². The summed E-state index contributed by atoms with van der Waals surface area (Å²) >= 11 is 13.6. The number of hydrogen-bond acceptors (Lipinski definition) is 4. The molecule has 0 N–H and O–H groups in total. The van der Waals surface area contributed by atoms with Crippen LogP contribution in [0, 0.1) is 10.8 Å². The first-order valence-corrected chi connectivity index (χ1v) is 19.4. The van der Waals surface area contributed by atoms with Crippen LogP contribution in [0.2, 0.25) is 0 Å². The average Bonchev–Trinajstić information content (AvgIpc) is 3.06. The van der Waals surface area contributed by atoms with E-state index in [0.717, 1.165) is 25.7 Å². The number of benzene rings is 3. The van der Waals surface area contributed by atoms with Crippen molar-refractivity contribution in [2.75, 3.05) is 14.2 Å². The quantitative estimate of drug-likeness (QED) is 0.0959. The number of hydrogen-bond donors (Lipinski definition) is 0. The summed E-state index contributed by atoms with van der Waals surface area (Å²) in [6.45, 7) is 22.2. The molecule has 0 fully saturated rings. The maximum absolute atomic E-state index is 12.6. The van der Waals surface area contributed by atoms with Crippen LogP contribution in [0.5, 0.6) is 0 Å². The van der Waals surface area contributed by atoms with Gasteiger partial charge < -0.3 is 9.47 Å². The summed E-state index contributed by atoms with van der Waals surface area (Å²) < 4.78 is 10.1. The van der Waals surface area contributed by atoms with Crippen LogP contribution in [0.15, 0.2) is 84.9 Å². The number of carbonyl (C=O) groups is 2. The fourth-order valence-corrected chi connectivity index (χ4v) is 9.56. The maximum atomic E-state index is 12.6. The molecule has 0 radical (unpaired) electrons. The second-order valence-electron chi connectivity index (χ2n) is 18.4. The smallest absolute Gasteiger partial charge is 0.326 e. The molecule has 4 atom stereocenters. The molecule has 0 aliphatic rings. The highest BCUT2D eigenvalue weighted by molar-refractivity contribution is 6.34. The van der Waals surface area contributed by atoms with Gasteiger partial charge in [-0.25, -0.2) is 0 Å². The molecule has 52 heavy (non-hydrogen) atoms. The summed E-state index contributed by atoms with van der Waals surface area (Å²) in [7, 11) is 2.79. The van der Waals surface area contributed by atoms with Gasteiger partial charge in [0.05, 0.1) is 14.2 Å². The Labute approximate surface area is 325 Å². The third-order valence-electron chi connectivity index (χ3n) is 10.9. The van der Waals surface area contributed by atoms with Gasteiger partial charge in [-0.2, -0.15) is 0 Å². The highest BCUT2D eigenvalue weighted by Crippen LogP contribution is 2.47. The Balaban J connectivity index is 1.79. The number of rotatable bonds is 18. The Morgan fingerprint density at radius 2 is 0.788 bits per heavy atom. The molecule has 0 aromatic heterocycles. The average molecular weight is 752 g/mol. The number of alkyl halides is 2. The molecule has 0 spiro atoms. The van der Waals surface area contributed by atoms with Gasteiger partial charge in [-0.1, -0.05) is 140 Å². The van der Waals surface area contributed by atoms with Crippen LogP contribution in [-0.4, -0.2) is 35.9 Å². The molecule has 286 valence electrons. The van der Waals surface area contributed by atoms with E-state index in [9.17, 15) is 9.59 Å². The van der Waals surface area contributed by atoms with E-state index in [4.69, 9.17) is 32.7 Å². The fourth-order valence-electron chi connectivity index (χ4n) is 9.03. The van der Waals surface area contributed by atoms with Crippen LogP contribution < -0.4 is 0 Å². The van der Waals surface area contributed by atoms with Gasteiger partial charge in [-0.15, -0.1) is 23.2 Å². The lowest BCUT2D eigenvalue weighted by Crippen LogP contribution is -2.34. The van der Waals surface area contributed by atoms with E-state index in [0.29, 0.717) is 12.8 Å². The minimum atomic E-state index is -1.10. The molecular weight excluding hydrogens is 687 g/mol. The van der Waals surface area contributed by atoms with Crippen LogP contribution in [0.3, 0.4) is 0 Å². The van der Waals surface area contributed by atoms with Crippen molar-refractivity contribution in [3.63, 3.8) is 0 Å². The lowest BCUT2D eigenvalue weighted by molar-refractivity contribution is -0.144. The number of ether oxygens (including phenoxy) is 2. The van der Waals surface area contributed by atoms with Crippen molar-refractivity contribution in [1.82, 2.24) is 0 Å². The first kappa shape index (κ1) is 43.6. The van der Waals surface area contributed by atoms with Gasteiger partial charge in [0.1, 0.15) is 9.75 Å². The number of methoxy groups -OCH3 is 2. The molecule has 4 unspecified atom stereocenters. The lowest BCUT2D eigenvalue weighted by atomic mass is 9.65. The molecule has 3 rings (SSSR count). The highest BCUT2D eigenvalue weighted by Gasteiger charge is 2.41. The predicted molar refractivity (Wildman–Crippen MR) is 219 cm³/mol. The summed E-state index contributed by atoms with van der Waals surface area (Å²) in [4.78, 5) is 22.9. The van der Waals surface area contributed by atoms with E-state index < -0.39 is 21.7 Å². The van der Waals surface area contributed by atoms with Gasteiger partial charge in [0, 0.05) is 0 Å². The Morgan fingerprint density at radius 1 is 0.500 bits per heavy atom. The highest BCUT2D eigenvalue weighted by atomic mass is 35.5. The molecule has 0 saturated carbocycles. The van der Waals surface area contributed by atoms with Crippen LogP contribution in [0.1, 0.15) is 142 Å². The van der Waals surface area contributed by atoms with E-state index in [1.807, 2.05) is 12.1 Å². The molecule has 6 heteroatoms. The molecular formula is C46H64Cl2O4. The first-order chi connectivity index (χ1) is 23.9. The van der Waals surface area contributed by atoms with Crippen molar-refractivity contribution in [2.24, 2.45) is 10.8 Å². The van der Waals surface area contributed by atoms with Gasteiger partial charge in [0.15, 0.2) is 0 Å². The zero-order chi connectivity index (χ0) is 39.2. The van der Waals surface area contributed by atoms with Crippen LogP contribution in [-0.2, 0) is 29.9 Å². The van der Waals surface area contributed by atoms with Crippen molar-refractivity contribution in [1.29, 1.82) is 0 Å². The van der Waals surface area contributed by atoms with Gasteiger partial charge >= 0.3 is 11.9 Å². The third-order valence-corrected chi connectivity index (χ3v) is 11.5. The molecule has 0 amide bonds. The Kier molecular flexibility index (Phi) is 14.3. The monoisotopic (exact) mass is 750 g/mol. The van der Waals surface area contributed by atoms with Gasteiger partial charge in [-0.05, 0) is 108 Å². The Bertz CT molecular complexity index is 1470. The van der Waals surface area contributed by atoms with E-state index >= 15 is 0 Å². The van der Waals surface area contributed by atoms with Gasteiger partial charge in [-0.3, -0.25) is 9.59 Å². The summed E-state index contributed by atoms with van der Waals surface area (Å²) in [5, 5.41) is 0. The minimum absolute atomic E-state index is 0.0443. The second-order valence-corrected chi connectivity index (χ2v) is 20.1. The Hall–Kier alpha value is -2.82. The molecule has 4 nitrogen and oxygen atoms in total. The van der Waals surface area contributed by atoms with Crippen molar-refractivity contribution in [3.8, 4) is 0 Å². The van der Waals surface area contributed by atoms with E-state index in [-0.39, 0.29) is 33.5 Å². The molecule has 0 bridgehead atoms. The second kappa shape index (κ2) is 17.1. The number of halogens is 2. The third kappa shape index (κ3) is 12.1. The summed E-state index contributed by atoms with van der Waals surface area (Å²) in [6, 6.07) is 30.0. The Morgan fingerprint density at radius 3 is 1.06 bits per heavy atom. The van der Waals surface area contributed by atoms with Crippen molar-refractivity contribution >= 4 is 35.1 Å². The van der Waals surface area contributed by atoms with Crippen molar-refractivity contribution in [2.45, 2.75) is 140 Å². The standard InChI is InChI=1S/C46H64Cl2O4/c1-41(2,27-35(33-19-15-13-16-20-33)29-45(9,47)39(49)51-11)31-43(5,6)37-23-25-38(26-24-37)44(7,8)32-42(3,4)28-36(34-21-17-14-18-22-34)30-46(10,48)40(50)52-12/h13-26,35-36H,27-32H2,1-12H3. The summed E-state index contributed by atoms with van der Waals surface area (Å²) in [5.74, 6) is -0.597. The minimum Gasteiger partial charge on any atom is -0.468 e. The van der Waals surface area contributed by atoms with Gasteiger partial charge in [0.2, 0.25) is 0 Å². The van der Waals surface area contributed by atoms with Gasteiger partial charge in [0.25, 0.3) is 0 Å². The largest absolute Gasteiger partial charge is 0.468 e. The maximum Gasteiger partial charge on any atom is 0.326 e. The lowest BCUT2D eigenvalue weighted by Gasteiger charge is -2.40. The summed E-state index contributed by atoms with van der Waals surface area (Å²) in [5.41, 5.74) is 4.73.